The van der Waals surface area contributed by atoms with Crippen LogP contribution in [0.4, 0.5) is 5.82 Å². The molecular formula is C26H29N3O4. The lowest BCUT2D eigenvalue weighted by Crippen LogP contribution is -2.37. The number of pyridine rings is 1. The van der Waals surface area contributed by atoms with Crippen LogP contribution in [0.2, 0.25) is 0 Å². The SMILES string of the molecule is COc1ccc([C@@H]2C(C(=O)Nc3ccc(C)cn3)=C(C)NC3=C2C(=O)C[C@@H](C)C3)cc1OC. The van der Waals surface area contributed by atoms with Crippen LogP contribution >= 0.6 is 0 Å². The summed E-state index contributed by atoms with van der Waals surface area (Å²) in [5.74, 6) is 1.08. The summed E-state index contributed by atoms with van der Waals surface area (Å²) in [7, 11) is 3.15. The Bertz CT molecular complexity index is 1160. The van der Waals surface area contributed by atoms with Crippen molar-refractivity contribution in [3.05, 3.63) is 70.2 Å². The summed E-state index contributed by atoms with van der Waals surface area (Å²) < 4.78 is 10.9. The maximum atomic E-state index is 13.5. The molecule has 0 fully saturated rings. The molecule has 4 rings (SSSR count). The fourth-order valence-electron chi connectivity index (χ4n) is 4.63. The minimum absolute atomic E-state index is 0.0577. The van der Waals surface area contributed by atoms with Crippen LogP contribution in [0.3, 0.4) is 0 Å². The number of ketones is 1. The predicted octanol–water partition coefficient (Wildman–Crippen LogP) is 4.26. The van der Waals surface area contributed by atoms with Gasteiger partial charge in [0.15, 0.2) is 17.3 Å². The summed E-state index contributed by atoms with van der Waals surface area (Å²) >= 11 is 0. The number of benzene rings is 1. The van der Waals surface area contributed by atoms with E-state index in [1.807, 2.05) is 32.0 Å². The second kappa shape index (κ2) is 9.10. The first kappa shape index (κ1) is 22.6. The number of methoxy groups -OCH3 is 2. The number of hydrogen-bond acceptors (Lipinski definition) is 6. The first-order chi connectivity index (χ1) is 15.8. The fraction of sp³-hybridized carbons (Fsp3) is 0.346. The number of dihydropyridines is 1. The molecule has 1 aromatic heterocycles. The number of hydrogen-bond donors (Lipinski definition) is 2. The van der Waals surface area contributed by atoms with Crippen LogP contribution in [-0.4, -0.2) is 30.9 Å². The molecule has 1 aromatic carbocycles. The van der Waals surface area contributed by atoms with Crippen molar-refractivity contribution in [1.82, 2.24) is 10.3 Å². The molecule has 2 aromatic rings. The molecule has 1 amide bonds. The molecule has 0 saturated carbocycles. The quantitative estimate of drug-likeness (QED) is 0.712. The molecule has 2 heterocycles. The van der Waals surface area contributed by atoms with Gasteiger partial charge >= 0.3 is 0 Å². The molecule has 0 unspecified atom stereocenters. The van der Waals surface area contributed by atoms with Crippen LogP contribution in [0.5, 0.6) is 11.5 Å². The van der Waals surface area contributed by atoms with Crippen molar-refractivity contribution in [2.75, 3.05) is 19.5 Å². The normalized spacial score (nSPS) is 20.2. The number of carbonyl (C=O) groups excluding carboxylic acids is 2. The average Bonchev–Trinajstić information content (AvgIpc) is 2.78. The van der Waals surface area contributed by atoms with Crippen LogP contribution < -0.4 is 20.1 Å². The van der Waals surface area contributed by atoms with Gasteiger partial charge in [-0.1, -0.05) is 19.1 Å². The fourth-order valence-corrected chi connectivity index (χ4v) is 4.63. The number of carbonyl (C=O) groups is 2. The molecular weight excluding hydrogens is 418 g/mol. The third-order valence-corrected chi connectivity index (χ3v) is 6.17. The van der Waals surface area contributed by atoms with Gasteiger partial charge in [-0.2, -0.15) is 0 Å². The number of aromatic nitrogens is 1. The largest absolute Gasteiger partial charge is 0.493 e. The monoisotopic (exact) mass is 447 g/mol. The lowest BCUT2D eigenvalue weighted by molar-refractivity contribution is -0.117. The molecule has 7 nitrogen and oxygen atoms in total. The summed E-state index contributed by atoms with van der Waals surface area (Å²) in [6.45, 7) is 5.88. The van der Waals surface area contributed by atoms with E-state index >= 15 is 0 Å². The molecule has 2 N–H and O–H groups in total. The van der Waals surface area contributed by atoms with E-state index in [4.69, 9.17) is 9.47 Å². The molecule has 0 radical (unpaired) electrons. The predicted molar refractivity (Wildman–Crippen MR) is 126 cm³/mol. The Morgan fingerprint density at radius 1 is 1.09 bits per heavy atom. The van der Waals surface area contributed by atoms with Crippen molar-refractivity contribution in [2.45, 2.75) is 39.5 Å². The van der Waals surface area contributed by atoms with Crippen molar-refractivity contribution in [3.8, 4) is 11.5 Å². The minimum Gasteiger partial charge on any atom is -0.493 e. The summed E-state index contributed by atoms with van der Waals surface area (Å²) in [6.07, 6.45) is 2.92. The summed E-state index contributed by atoms with van der Waals surface area (Å²) in [5, 5.41) is 6.26. The van der Waals surface area contributed by atoms with Crippen molar-refractivity contribution in [3.63, 3.8) is 0 Å². The van der Waals surface area contributed by atoms with E-state index in [0.29, 0.717) is 34.9 Å². The number of aryl methyl sites for hydroxylation is 1. The van der Waals surface area contributed by atoms with Gasteiger partial charge in [0.2, 0.25) is 0 Å². The summed E-state index contributed by atoms with van der Waals surface area (Å²) in [6, 6.07) is 9.19. The highest BCUT2D eigenvalue weighted by Gasteiger charge is 2.40. The van der Waals surface area contributed by atoms with Gasteiger partial charge in [-0.3, -0.25) is 9.59 Å². The molecule has 0 spiro atoms. The molecule has 0 bridgehead atoms. The zero-order valence-electron chi connectivity index (χ0n) is 19.6. The Labute approximate surface area is 193 Å². The van der Waals surface area contributed by atoms with Gasteiger partial charge in [-0.15, -0.1) is 0 Å². The van der Waals surface area contributed by atoms with Crippen molar-refractivity contribution >= 4 is 17.5 Å². The third-order valence-electron chi connectivity index (χ3n) is 6.17. The average molecular weight is 448 g/mol. The second-order valence-corrected chi connectivity index (χ2v) is 8.71. The first-order valence-electron chi connectivity index (χ1n) is 11.0. The van der Waals surface area contributed by atoms with E-state index in [0.717, 1.165) is 28.9 Å². The van der Waals surface area contributed by atoms with Gasteiger partial charge in [-0.05, 0) is 55.5 Å². The Kier molecular flexibility index (Phi) is 6.22. The minimum atomic E-state index is -0.522. The van der Waals surface area contributed by atoms with Gasteiger partial charge in [0.1, 0.15) is 5.82 Å². The lowest BCUT2D eigenvalue weighted by atomic mass is 9.73. The molecule has 1 aliphatic carbocycles. The highest BCUT2D eigenvalue weighted by Crippen LogP contribution is 2.45. The van der Waals surface area contributed by atoms with Crippen LogP contribution in [0, 0.1) is 12.8 Å². The zero-order chi connectivity index (χ0) is 23.7. The van der Waals surface area contributed by atoms with Gasteiger partial charge in [-0.25, -0.2) is 4.98 Å². The number of Topliss-reactive ketones (excluding diaryl/α,β-unsaturated/α-hetero) is 1. The Morgan fingerprint density at radius 3 is 2.52 bits per heavy atom. The van der Waals surface area contributed by atoms with E-state index in [9.17, 15) is 9.59 Å². The summed E-state index contributed by atoms with van der Waals surface area (Å²) in [5.41, 5.74) is 4.55. The lowest BCUT2D eigenvalue weighted by Gasteiger charge is -2.36. The van der Waals surface area contributed by atoms with E-state index in [-0.39, 0.29) is 17.6 Å². The molecule has 172 valence electrons. The van der Waals surface area contributed by atoms with Crippen LogP contribution in [0.25, 0.3) is 0 Å². The Hall–Kier alpha value is -3.61. The van der Waals surface area contributed by atoms with Crippen molar-refractivity contribution in [1.29, 1.82) is 0 Å². The number of allylic oxidation sites excluding steroid dienone is 3. The van der Waals surface area contributed by atoms with Crippen LogP contribution in [0.1, 0.15) is 43.7 Å². The number of rotatable bonds is 5. The number of amides is 1. The number of anilines is 1. The molecule has 0 saturated heterocycles. The molecule has 1 aliphatic heterocycles. The highest BCUT2D eigenvalue weighted by molar-refractivity contribution is 6.09. The number of ether oxygens (including phenoxy) is 2. The van der Waals surface area contributed by atoms with Crippen molar-refractivity contribution < 1.29 is 19.1 Å². The van der Waals surface area contributed by atoms with E-state index in [2.05, 4.69) is 22.5 Å². The van der Waals surface area contributed by atoms with Gasteiger partial charge in [0, 0.05) is 41.1 Å². The third kappa shape index (κ3) is 4.35. The smallest absolute Gasteiger partial charge is 0.255 e. The van der Waals surface area contributed by atoms with Crippen molar-refractivity contribution in [2.24, 2.45) is 5.92 Å². The van der Waals surface area contributed by atoms with Crippen LogP contribution in [-0.2, 0) is 9.59 Å². The maximum Gasteiger partial charge on any atom is 0.255 e. The number of nitrogens with one attached hydrogen (secondary N) is 2. The highest BCUT2D eigenvalue weighted by atomic mass is 16.5. The first-order valence-corrected chi connectivity index (χ1v) is 11.0. The van der Waals surface area contributed by atoms with Gasteiger partial charge < -0.3 is 20.1 Å². The maximum absolute atomic E-state index is 13.5. The second-order valence-electron chi connectivity index (χ2n) is 8.71. The molecule has 2 aliphatic rings. The van der Waals surface area contributed by atoms with Gasteiger partial charge in [0.25, 0.3) is 5.91 Å². The standard InChI is InChI=1S/C26H29N3O4/c1-14-6-9-22(27-13-14)29-26(31)23-16(3)28-18-10-15(2)11-19(30)25(18)24(23)17-7-8-20(32-4)21(12-17)33-5/h6-9,12-13,15,24,28H,10-11H2,1-5H3,(H,27,29,31)/t15-,24+/m0/s1. The zero-order valence-corrected chi connectivity index (χ0v) is 19.6. The van der Waals surface area contributed by atoms with E-state index in [1.165, 1.54) is 0 Å². The molecule has 7 heteroatoms. The topological polar surface area (TPSA) is 89.5 Å². The van der Waals surface area contributed by atoms with Crippen LogP contribution in [0.15, 0.2) is 59.1 Å². The van der Waals surface area contributed by atoms with E-state index in [1.54, 1.807) is 32.5 Å². The van der Waals surface area contributed by atoms with Gasteiger partial charge in [0.05, 0.1) is 14.2 Å². The molecule has 2 atom stereocenters. The summed E-state index contributed by atoms with van der Waals surface area (Å²) in [4.78, 5) is 31.1. The molecule has 33 heavy (non-hydrogen) atoms. The Balaban J connectivity index is 1.82. The van der Waals surface area contributed by atoms with E-state index < -0.39 is 5.92 Å². The number of nitrogens with zero attached hydrogens (tertiary/aromatic N) is 1. The Morgan fingerprint density at radius 2 is 1.85 bits per heavy atom.